The van der Waals surface area contributed by atoms with Crippen molar-refractivity contribution in [2.45, 2.75) is 58.8 Å². The quantitative estimate of drug-likeness (QED) is 0.890. The van der Waals surface area contributed by atoms with Gasteiger partial charge >= 0.3 is 0 Å². The van der Waals surface area contributed by atoms with Gasteiger partial charge in [0.2, 0.25) is 11.9 Å². The highest BCUT2D eigenvalue weighted by atomic mass is 16.1. The minimum absolute atomic E-state index is 0.124. The van der Waals surface area contributed by atoms with Crippen LogP contribution < -0.4 is 5.32 Å². The number of H-pyrrole nitrogens is 1. The van der Waals surface area contributed by atoms with Crippen molar-refractivity contribution in [3.05, 3.63) is 12.4 Å². The average Bonchev–Trinajstić information content (AvgIpc) is 2.74. The molecule has 0 aromatic carbocycles. The van der Waals surface area contributed by atoms with Gasteiger partial charge in [-0.05, 0) is 60.7 Å². The van der Waals surface area contributed by atoms with Crippen LogP contribution >= 0.6 is 0 Å². The number of nitrogens with one attached hydrogen (secondary N) is 2. The summed E-state index contributed by atoms with van der Waals surface area (Å²) in [6, 6.07) is 0. The Morgan fingerprint density at radius 3 is 2.57 bits per heavy atom. The predicted molar refractivity (Wildman–Crippen MR) is 81.7 cm³/mol. The molecule has 4 nitrogen and oxygen atoms in total. The van der Waals surface area contributed by atoms with E-state index in [0.717, 1.165) is 5.92 Å². The van der Waals surface area contributed by atoms with E-state index in [1.807, 2.05) is 0 Å². The fourth-order valence-electron chi connectivity index (χ4n) is 6.73. The monoisotopic (exact) mass is 287 g/mol. The molecule has 1 heterocycles. The molecule has 2 N–H and O–H groups in total. The number of hydrogen-bond acceptors (Lipinski definition) is 2. The van der Waals surface area contributed by atoms with Crippen LogP contribution in [0.15, 0.2) is 12.4 Å². The summed E-state index contributed by atoms with van der Waals surface area (Å²) in [5.74, 6) is 1.54. The van der Waals surface area contributed by atoms with E-state index in [9.17, 15) is 4.79 Å². The first-order valence-electron chi connectivity index (χ1n) is 8.17. The molecule has 0 saturated heterocycles. The van der Waals surface area contributed by atoms with E-state index < -0.39 is 0 Å². The van der Waals surface area contributed by atoms with Crippen LogP contribution in [-0.4, -0.2) is 15.9 Å². The lowest BCUT2D eigenvalue weighted by Crippen LogP contribution is -2.55. The third-order valence-electron chi connectivity index (χ3n) is 6.03. The topological polar surface area (TPSA) is 57.8 Å². The molecule has 1 amide bonds. The molecule has 4 fully saturated rings. The molecular weight excluding hydrogens is 262 g/mol. The third kappa shape index (κ3) is 2.29. The van der Waals surface area contributed by atoms with Crippen LogP contribution in [0.25, 0.3) is 0 Å². The average molecular weight is 287 g/mol. The summed E-state index contributed by atoms with van der Waals surface area (Å²) in [6.45, 7) is 4.91. The van der Waals surface area contributed by atoms with Crippen molar-refractivity contribution >= 4 is 11.9 Å². The normalized spacial score (nSPS) is 44.0. The van der Waals surface area contributed by atoms with Crippen LogP contribution in [0.2, 0.25) is 0 Å². The largest absolute Gasteiger partial charge is 0.331 e. The smallest absolute Gasteiger partial charge is 0.227 e. The summed E-state index contributed by atoms with van der Waals surface area (Å²) < 4.78 is 0. The molecular formula is C17H25N3O. The van der Waals surface area contributed by atoms with Gasteiger partial charge < -0.3 is 4.98 Å². The zero-order valence-electron chi connectivity index (χ0n) is 13.0. The Morgan fingerprint density at radius 2 is 2.00 bits per heavy atom. The first-order chi connectivity index (χ1) is 9.88. The number of aromatic amines is 1. The minimum atomic E-state index is 0.124. The molecule has 1 aromatic rings. The van der Waals surface area contributed by atoms with Gasteiger partial charge in [0.25, 0.3) is 0 Å². The van der Waals surface area contributed by atoms with Crippen molar-refractivity contribution in [3.63, 3.8) is 0 Å². The molecule has 5 rings (SSSR count). The first-order valence-corrected chi connectivity index (χ1v) is 8.17. The fourth-order valence-corrected chi connectivity index (χ4v) is 6.73. The second kappa shape index (κ2) is 4.11. The SMILES string of the molecule is CC12CC3CC(C)(C1)CC(CC(=O)Nc1ncc[nH]1)(C3)C2. The number of anilines is 1. The zero-order chi connectivity index (χ0) is 14.7. The van der Waals surface area contributed by atoms with E-state index in [1.165, 1.54) is 38.5 Å². The number of carbonyl (C=O) groups excluding carboxylic acids is 1. The summed E-state index contributed by atoms with van der Waals surface area (Å²) in [5, 5.41) is 2.92. The second-order valence-electron chi connectivity index (χ2n) is 8.79. The lowest BCUT2D eigenvalue weighted by molar-refractivity contribution is -0.153. The van der Waals surface area contributed by atoms with Gasteiger partial charge in [0.05, 0.1) is 0 Å². The molecule has 1 aromatic heterocycles. The Hall–Kier alpha value is -1.32. The van der Waals surface area contributed by atoms with Crippen molar-refractivity contribution in [3.8, 4) is 0 Å². The van der Waals surface area contributed by atoms with Crippen molar-refractivity contribution in [2.24, 2.45) is 22.2 Å². The number of carbonyl (C=O) groups is 1. The van der Waals surface area contributed by atoms with E-state index in [-0.39, 0.29) is 11.3 Å². The Labute approximate surface area is 126 Å². The number of hydrogen-bond donors (Lipinski definition) is 2. The predicted octanol–water partition coefficient (Wildman–Crippen LogP) is 3.73. The van der Waals surface area contributed by atoms with Crippen LogP contribution in [0.4, 0.5) is 5.95 Å². The van der Waals surface area contributed by atoms with E-state index in [0.29, 0.717) is 23.2 Å². The fraction of sp³-hybridized carbons (Fsp3) is 0.765. The van der Waals surface area contributed by atoms with Crippen molar-refractivity contribution < 1.29 is 4.79 Å². The Morgan fingerprint density at radius 1 is 1.29 bits per heavy atom. The highest BCUT2D eigenvalue weighted by molar-refractivity contribution is 5.89. The number of nitrogens with zero attached hydrogens (tertiary/aromatic N) is 1. The van der Waals surface area contributed by atoms with E-state index >= 15 is 0 Å². The van der Waals surface area contributed by atoms with Gasteiger partial charge in [-0.25, -0.2) is 4.98 Å². The molecule has 4 aliphatic rings. The summed E-state index contributed by atoms with van der Waals surface area (Å²) in [7, 11) is 0. The van der Waals surface area contributed by atoms with E-state index in [2.05, 4.69) is 29.1 Å². The molecule has 4 aliphatic carbocycles. The lowest BCUT2D eigenvalue weighted by Gasteiger charge is -2.65. The summed E-state index contributed by atoms with van der Waals surface area (Å²) in [4.78, 5) is 19.5. The van der Waals surface area contributed by atoms with Crippen LogP contribution in [0.1, 0.15) is 58.8 Å². The Bertz CT molecular complexity index is 547. The number of rotatable bonds is 3. The molecule has 2 atom stereocenters. The van der Waals surface area contributed by atoms with Crippen LogP contribution in [0.5, 0.6) is 0 Å². The van der Waals surface area contributed by atoms with Crippen LogP contribution in [0.3, 0.4) is 0 Å². The van der Waals surface area contributed by atoms with Crippen LogP contribution in [0, 0.1) is 22.2 Å². The van der Waals surface area contributed by atoms with Gasteiger partial charge in [-0.15, -0.1) is 0 Å². The molecule has 4 saturated carbocycles. The molecule has 4 heteroatoms. The van der Waals surface area contributed by atoms with Crippen molar-refractivity contribution in [1.29, 1.82) is 0 Å². The molecule has 0 radical (unpaired) electrons. The maximum absolute atomic E-state index is 12.4. The summed E-state index contributed by atoms with van der Waals surface area (Å²) in [6.07, 6.45) is 11.9. The van der Waals surface area contributed by atoms with Crippen molar-refractivity contribution in [2.75, 3.05) is 5.32 Å². The standard InChI is InChI=1S/C17H25N3O/c1-15-5-12-6-16(2,9-15)11-17(7-12,10-15)8-13(21)20-14-18-3-4-19-14/h3-4,12H,5-11H2,1-2H3,(H2,18,19,20,21). The maximum Gasteiger partial charge on any atom is 0.227 e. The van der Waals surface area contributed by atoms with Gasteiger partial charge in [0.15, 0.2) is 0 Å². The third-order valence-corrected chi connectivity index (χ3v) is 6.03. The van der Waals surface area contributed by atoms with E-state index in [1.54, 1.807) is 12.4 Å². The molecule has 0 spiro atoms. The minimum Gasteiger partial charge on any atom is -0.331 e. The van der Waals surface area contributed by atoms with Gasteiger partial charge in [-0.3, -0.25) is 10.1 Å². The maximum atomic E-state index is 12.4. The molecule has 2 unspecified atom stereocenters. The Kier molecular flexibility index (Phi) is 2.61. The van der Waals surface area contributed by atoms with Gasteiger partial charge in [-0.1, -0.05) is 13.8 Å². The van der Waals surface area contributed by atoms with Gasteiger partial charge in [-0.2, -0.15) is 0 Å². The molecule has 21 heavy (non-hydrogen) atoms. The second-order valence-corrected chi connectivity index (χ2v) is 8.79. The highest BCUT2D eigenvalue weighted by Crippen LogP contribution is 2.70. The lowest BCUT2D eigenvalue weighted by atomic mass is 9.40. The number of imidazole rings is 1. The first kappa shape index (κ1) is 13.4. The zero-order valence-corrected chi connectivity index (χ0v) is 13.0. The van der Waals surface area contributed by atoms with E-state index in [4.69, 9.17) is 0 Å². The Balaban J connectivity index is 1.53. The number of amides is 1. The molecule has 114 valence electrons. The van der Waals surface area contributed by atoms with Gasteiger partial charge in [0.1, 0.15) is 0 Å². The van der Waals surface area contributed by atoms with Crippen LogP contribution in [-0.2, 0) is 4.79 Å². The number of aromatic nitrogens is 2. The molecule has 0 aliphatic heterocycles. The van der Waals surface area contributed by atoms with Gasteiger partial charge in [0, 0.05) is 18.8 Å². The highest BCUT2D eigenvalue weighted by Gasteiger charge is 2.60. The summed E-state index contributed by atoms with van der Waals surface area (Å²) in [5.41, 5.74) is 1.18. The summed E-state index contributed by atoms with van der Waals surface area (Å²) >= 11 is 0. The van der Waals surface area contributed by atoms with Crippen molar-refractivity contribution in [1.82, 2.24) is 9.97 Å². The molecule has 4 bridgehead atoms.